The van der Waals surface area contributed by atoms with Gasteiger partial charge in [-0.15, -0.1) is 0 Å². The van der Waals surface area contributed by atoms with Gasteiger partial charge in [0, 0.05) is 31.7 Å². The van der Waals surface area contributed by atoms with Crippen LogP contribution in [0, 0.1) is 11.3 Å². The zero-order valence-corrected chi connectivity index (χ0v) is 11.4. The molecule has 1 aliphatic carbocycles. The van der Waals surface area contributed by atoms with E-state index in [0.717, 1.165) is 18.0 Å². The molecule has 1 aliphatic heterocycles. The Morgan fingerprint density at radius 1 is 1.25 bits per heavy atom. The number of hydrogen-bond acceptors (Lipinski definition) is 2. The number of nitrogens with zero attached hydrogens (tertiary/aromatic N) is 1. The predicted octanol–water partition coefficient (Wildman–Crippen LogP) is 2.49. The van der Waals surface area contributed by atoms with Gasteiger partial charge in [0.15, 0.2) is 0 Å². The molecule has 0 aromatic heterocycles. The minimum Gasteiger partial charge on any atom is -0.311 e. The third kappa shape index (κ3) is 2.60. The third-order valence-electron chi connectivity index (χ3n) is 4.75. The Kier molecular flexibility index (Phi) is 3.60. The molecule has 2 heteroatoms. The minimum atomic E-state index is 0.630. The van der Waals surface area contributed by atoms with Gasteiger partial charge in [0.2, 0.25) is 0 Å². The van der Waals surface area contributed by atoms with E-state index in [1.54, 1.807) is 0 Å². The Morgan fingerprint density at radius 3 is 2.44 bits per heavy atom. The Bertz CT molecular complexity index is 237. The summed E-state index contributed by atoms with van der Waals surface area (Å²) in [5.41, 5.74) is 0.630. The average Bonchev–Trinajstić information content (AvgIpc) is 2.86. The van der Waals surface area contributed by atoms with Crippen LogP contribution in [0.15, 0.2) is 0 Å². The first-order chi connectivity index (χ1) is 7.56. The van der Waals surface area contributed by atoms with Crippen LogP contribution < -0.4 is 5.32 Å². The molecule has 3 unspecified atom stereocenters. The van der Waals surface area contributed by atoms with Crippen LogP contribution in [0.5, 0.6) is 0 Å². The van der Waals surface area contributed by atoms with Crippen molar-refractivity contribution >= 4 is 0 Å². The molecule has 2 aliphatic rings. The molecule has 0 aromatic rings. The van der Waals surface area contributed by atoms with Crippen LogP contribution in [-0.4, -0.2) is 36.6 Å². The molecule has 0 amide bonds. The van der Waals surface area contributed by atoms with Crippen LogP contribution in [0.4, 0.5) is 0 Å². The van der Waals surface area contributed by atoms with Gasteiger partial charge in [0.1, 0.15) is 0 Å². The second-order valence-electron chi connectivity index (χ2n) is 6.42. The van der Waals surface area contributed by atoms with E-state index in [1.165, 1.54) is 38.9 Å². The van der Waals surface area contributed by atoms with Crippen LogP contribution in [0.3, 0.4) is 0 Å². The van der Waals surface area contributed by atoms with Gasteiger partial charge in [0.25, 0.3) is 0 Å². The lowest BCUT2D eigenvalue weighted by atomic mass is 10.0. The Balaban J connectivity index is 1.88. The highest BCUT2D eigenvalue weighted by molar-refractivity contribution is 4.98. The van der Waals surface area contributed by atoms with Crippen molar-refractivity contribution < 1.29 is 0 Å². The van der Waals surface area contributed by atoms with Crippen molar-refractivity contribution in [1.82, 2.24) is 10.2 Å². The van der Waals surface area contributed by atoms with Gasteiger partial charge in [-0.3, -0.25) is 4.90 Å². The molecule has 1 saturated heterocycles. The molecular weight excluding hydrogens is 196 g/mol. The standard InChI is InChI=1S/C14H28N2/c1-5-12-10-16(13(6-2)8-15-12)9-11-7-14(11,3)4/h11-13,15H,5-10H2,1-4H3. The normalized spacial score (nSPS) is 38.6. The molecule has 0 aromatic carbocycles. The van der Waals surface area contributed by atoms with Crippen molar-refractivity contribution in [2.75, 3.05) is 19.6 Å². The highest BCUT2D eigenvalue weighted by Gasteiger charge is 2.46. The van der Waals surface area contributed by atoms with Gasteiger partial charge in [0.05, 0.1) is 0 Å². The molecule has 0 radical (unpaired) electrons. The lowest BCUT2D eigenvalue weighted by molar-refractivity contribution is 0.115. The molecular formula is C14H28N2. The maximum Gasteiger partial charge on any atom is 0.0218 e. The summed E-state index contributed by atoms with van der Waals surface area (Å²) in [5.74, 6) is 0.956. The van der Waals surface area contributed by atoms with Gasteiger partial charge in [-0.25, -0.2) is 0 Å². The largest absolute Gasteiger partial charge is 0.311 e. The highest BCUT2D eigenvalue weighted by atomic mass is 15.2. The van der Waals surface area contributed by atoms with Crippen LogP contribution >= 0.6 is 0 Å². The summed E-state index contributed by atoms with van der Waals surface area (Å²) in [6.45, 7) is 13.2. The highest BCUT2D eigenvalue weighted by Crippen LogP contribution is 2.52. The van der Waals surface area contributed by atoms with E-state index in [0.29, 0.717) is 5.41 Å². The molecule has 2 nitrogen and oxygen atoms in total. The molecule has 1 N–H and O–H groups in total. The summed E-state index contributed by atoms with van der Waals surface area (Å²) in [6, 6.07) is 1.50. The zero-order chi connectivity index (χ0) is 11.8. The fourth-order valence-corrected chi connectivity index (χ4v) is 3.00. The summed E-state index contributed by atoms with van der Waals surface area (Å²) in [6.07, 6.45) is 3.99. The molecule has 0 bridgehead atoms. The van der Waals surface area contributed by atoms with E-state index >= 15 is 0 Å². The average molecular weight is 224 g/mol. The topological polar surface area (TPSA) is 15.3 Å². The van der Waals surface area contributed by atoms with Crippen LogP contribution in [0.2, 0.25) is 0 Å². The van der Waals surface area contributed by atoms with Gasteiger partial charge in [-0.2, -0.15) is 0 Å². The second-order valence-corrected chi connectivity index (χ2v) is 6.42. The number of rotatable bonds is 4. The molecule has 94 valence electrons. The van der Waals surface area contributed by atoms with Gasteiger partial charge >= 0.3 is 0 Å². The quantitative estimate of drug-likeness (QED) is 0.789. The number of piperazine rings is 1. The van der Waals surface area contributed by atoms with Gasteiger partial charge in [-0.1, -0.05) is 27.7 Å². The van der Waals surface area contributed by atoms with E-state index in [-0.39, 0.29) is 0 Å². The molecule has 3 atom stereocenters. The van der Waals surface area contributed by atoms with E-state index in [9.17, 15) is 0 Å². The molecule has 2 rings (SSSR count). The van der Waals surface area contributed by atoms with Crippen LogP contribution in [0.25, 0.3) is 0 Å². The second kappa shape index (κ2) is 4.66. The van der Waals surface area contributed by atoms with Crippen molar-refractivity contribution in [2.45, 2.75) is 59.0 Å². The lowest BCUT2D eigenvalue weighted by Crippen LogP contribution is -2.56. The van der Waals surface area contributed by atoms with Crippen LogP contribution in [-0.2, 0) is 0 Å². The summed E-state index contributed by atoms with van der Waals surface area (Å²) < 4.78 is 0. The maximum atomic E-state index is 3.67. The smallest absolute Gasteiger partial charge is 0.0218 e. The molecule has 16 heavy (non-hydrogen) atoms. The predicted molar refractivity (Wildman–Crippen MR) is 69.6 cm³/mol. The fraction of sp³-hybridized carbons (Fsp3) is 1.00. The summed E-state index contributed by atoms with van der Waals surface area (Å²) in [4.78, 5) is 2.75. The first-order valence-corrected chi connectivity index (χ1v) is 7.04. The van der Waals surface area contributed by atoms with E-state index in [4.69, 9.17) is 0 Å². The summed E-state index contributed by atoms with van der Waals surface area (Å²) in [7, 11) is 0. The lowest BCUT2D eigenvalue weighted by Gasteiger charge is -2.40. The van der Waals surface area contributed by atoms with Crippen LogP contribution in [0.1, 0.15) is 47.0 Å². The summed E-state index contributed by atoms with van der Waals surface area (Å²) in [5, 5.41) is 3.67. The van der Waals surface area contributed by atoms with E-state index in [1.807, 2.05) is 0 Å². The van der Waals surface area contributed by atoms with Crippen molar-refractivity contribution in [3.05, 3.63) is 0 Å². The first-order valence-electron chi connectivity index (χ1n) is 7.04. The van der Waals surface area contributed by atoms with E-state index < -0.39 is 0 Å². The first kappa shape index (κ1) is 12.4. The van der Waals surface area contributed by atoms with Crippen molar-refractivity contribution in [3.63, 3.8) is 0 Å². The van der Waals surface area contributed by atoms with Gasteiger partial charge in [-0.05, 0) is 30.6 Å². The van der Waals surface area contributed by atoms with Crippen molar-refractivity contribution in [2.24, 2.45) is 11.3 Å². The molecule has 2 fully saturated rings. The SMILES string of the molecule is CCC1CN(CC2CC2(C)C)C(CC)CN1. The third-order valence-corrected chi connectivity index (χ3v) is 4.75. The number of nitrogens with one attached hydrogen (secondary N) is 1. The minimum absolute atomic E-state index is 0.630. The monoisotopic (exact) mass is 224 g/mol. The molecule has 0 spiro atoms. The Labute approximate surface area is 101 Å². The molecule has 1 heterocycles. The Morgan fingerprint density at radius 2 is 1.94 bits per heavy atom. The van der Waals surface area contributed by atoms with E-state index in [2.05, 4.69) is 37.9 Å². The van der Waals surface area contributed by atoms with Gasteiger partial charge < -0.3 is 5.32 Å². The summed E-state index contributed by atoms with van der Waals surface area (Å²) >= 11 is 0. The zero-order valence-electron chi connectivity index (χ0n) is 11.4. The maximum absolute atomic E-state index is 3.67. The van der Waals surface area contributed by atoms with Crippen molar-refractivity contribution in [3.8, 4) is 0 Å². The Hall–Kier alpha value is -0.0800. The molecule has 1 saturated carbocycles. The number of hydrogen-bond donors (Lipinski definition) is 1. The fourth-order valence-electron chi connectivity index (χ4n) is 3.00. The van der Waals surface area contributed by atoms with Crippen molar-refractivity contribution in [1.29, 1.82) is 0 Å².